The first kappa shape index (κ1) is 19.3. The van der Waals surface area contributed by atoms with Crippen molar-refractivity contribution in [2.45, 2.75) is 32.6 Å². The van der Waals surface area contributed by atoms with Gasteiger partial charge in [0.2, 0.25) is 0 Å². The minimum absolute atomic E-state index is 0.169. The molecule has 0 radical (unpaired) electrons. The van der Waals surface area contributed by atoms with Crippen LogP contribution in [0.2, 0.25) is 0 Å². The Kier molecular flexibility index (Phi) is 6.82. The second-order valence-corrected chi connectivity index (χ2v) is 7.73. The highest BCUT2D eigenvalue weighted by Crippen LogP contribution is 2.23. The molecule has 2 N–H and O–H groups in total. The summed E-state index contributed by atoms with van der Waals surface area (Å²) in [6.07, 6.45) is 1.02. The fourth-order valence-electron chi connectivity index (χ4n) is 2.56. The van der Waals surface area contributed by atoms with Crippen LogP contribution in [0.25, 0.3) is 0 Å². The minimum Gasteiger partial charge on any atom is -0.375 e. The summed E-state index contributed by atoms with van der Waals surface area (Å²) < 4.78 is 0. The van der Waals surface area contributed by atoms with Crippen molar-refractivity contribution in [2.24, 2.45) is 0 Å². The van der Waals surface area contributed by atoms with Crippen LogP contribution in [-0.4, -0.2) is 25.2 Å². The lowest BCUT2D eigenvalue weighted by Crippen LogP contribution is -2.31. The van der Waals surface area contributed by atoms with Crippen LogP contribution in [0.3, 0.4) is 0 Å². The lowest BCUT2D eigenvalue weighted by atomic mass is 9.87. The molecule has 0 fully saturated rings. The van der Waals surface area contributed by atoms with Crippen molar-refractivity contribution < 1.29 is 0 Å². The number of hydrogen-bond donors (Lipinski definition) is 2. The van der Waals surface area contributed by atoms with Gasteiger partial charge in [0.25, 0.3) is 0 Å². The molecule has 0 aliphatic carbocycles. The third-order valence-electron chi connectivity index (χ3n) is 4.16. The van der Waals surface area contributed by atoms with Gasteiger partial charge in [-0.15, -0.1) is 0 Å². The van der Waals surface area contributed by atoms with Crippen LogP contribution in [0.5, 0.6) is 0 Å². The molecule has 0 atom stereocenters. The van der Waals surface area contributed by atoms with Gasteiger partial charge in [-0.25, -0.2) is 0 Å². The predicted molar refractivity (Wildman–Crippen MR) is 114 cm³/mol. The van der Waals surface area contributed by atoms with Crippen LogP contribution in [0.1, 0.15) is 32.8 Å². The lowest BCUT2D eigenvalue weighted by molar-refractivity contribution is 0.590. The van der Waals surface area contributed by atoms with E-state index in [1.807, 2.05) is 6.07 Å². The van der Waals surface area contributed by atoms with Crippen LogP contribution in [0.15, 0.2) is 54.6 Å². The van der Waals surface area contributed by atoms with Crippen LogP contribution < -0.4 is 15.5 Å². The van der Waals surface area contributed by atoms with E-state index in [-0.39, 0.29) is 5.41 Å². The molecule has 0 bridgehead atoms. The summed E-state index contributed by atoms with van der Waals surface area (Å²) in [5, 5.41) is 7.20. The second-order valence-electron chi connectivity index (χ2n) is 7.32. The van der Waals surface area contributed by atoms with Gasteiger partial charge in [-0.3, -0.25) is 0 Å². The van der Waals surface area contributed by atoms with E-state index in [9.17, 15) is 0 Å². The van der Waals surface area contributed by atoms with Gasteiger partial charge in [0.15, 0.2) is 5.11 Å². The van der Waals surface area contributed by atoms with Gasteiger partial charge in [0, 0.05) is 31.5 Å². The van der Waals surface area contributed by atoms with E-state index in [1.54, 1.807) is 0 Å². The molecule has 0 saturated carbocycles. The first-order valence-electron chi connectivity index (χ1n) is 8.78. The van der Waals surface area contributed by atoms with Crippen molar-refractivity contribution in [3.05, 3.63) is 60.2 Å². The van der Waals surface area contributed by atoms with Crippen molar-refractivity contribution in [1.29, 1.82) is 0 Å². The van der Waals surface area contributed by atoms with Gasteiger partial charge in [-0.2, -0.15) is 0 Å². The number of hydrogen-bond acceptors (Lipinski definition) is 2. The van der Waals surface area contributed by atoms with Crippen molar-refractivity contribution in [2.75, 3.05) is 30.4 Å². The third kappa shape index (κ3) is 6.39. The van der Waals surface area contributed by atoms with E-state index in [0.29, 0.717) is 5.11 Å². The number of anilines is 2. The Morgan fingerprint density at radius 1 is 1.00 bits per heavy atom. The maximum Gasteiger partial charge on any atom is 0.170 e. The maximum absolute atomic E-state index is 5.38. The molecule has 25 heavy (non-hydrogen) atoms. The number of thiocarbonyl (C=S) groups is 1. The number of nitrogens with zero attached hydrogens (tertiary/aromatic N) is 1. The minimum atomic E-state index is 0.169. The van der Waals surface area contributed by atoms with Crippen molar-refractivity contribution in [3.8, 4) is 0 Å². The van der Waals surface area contributed by atoms with Gasteiger partial charge in [-0.1, -0.05) is 51.1 Å². The topological polar surface area (TPSA) is 27.3 Å². The third-order valence-corrected chi connectivity index (χ3v) is 4.41. The van der Waals surface area contributed by atoms with Gasteiger partial charge >= 0.3 is 0 Å². The summed E-state index contributed by atoms with van der Waals surface area (Å²) in [6.45, 7) is 8.49. The number of benzene rings is 2. The standard InChI is InChI=1S/C21H29N3S/c1-21(2,3)17-11-13-18(14-12-17)23-20(25)22-15-8-16-24(4)19-9-6-5-7-10-19/h5-7,9-14H,8,15-16H2,1-4H3,(H2,22,23,25). The van der Waals surface area contributed by atoms with E-state index < -0.39 is 0 Å². The van der Waals surface area contributed by atoms with Gasteiger partial charge < -0.3 is 15.5 Å². The fourth-order valence-corrected chi connectivity index (χ4v) is 2.78. The zero-order chi connectivity index (χ0) is 18.3. The summed E-state index contributed by atoms with van der Waals surface area (Å²) in [7, 11) is 2.11. The summed E-state index contributed by atoms with van der Waals surface area (Å²) in [4.78, 5) is 2.25. The molecule has 4 heteroatoms. The van der Waals surface area contributed by atoms with Crippen molar-refractivity contribution in [1.82, 2.24) is 5.32 Å². The van der Waals surface area contributed by atoms with E-state index in [1.165, 1.54) is 11.3 Å². The quantitative estimate of drug-likeness (QED) is 0.575. The summed E-state index contributed by atoms with van der Waals surface area (Å²) in [5.41, 5.74) is 3.75. The Hall–Kier alpha value is -2.07. The van der Waals surface area contributed by atoms with Gasteiger partial charge in [-0.05, 0) is 53.9 Å². The maximum atomic E-state index is 5.38. The van der Waals surface area contributed by atoms with Crippen LogP contribution in [-0.2, 0) is 5.41 Å². The largest absolute Gasteiger partial charge is 0.375 e. The van der Waals surface area contributed by atoms with Crippen molar-refractivity contribution in [3.63, 3.8) is 0 Å². The Balaban J connectivity index is 1.70. The highest BCUT2D eigenvalue weighted by atomic mass is 32.1. The Bertz CT molecular complexity index is 660. The molecule has 0 aliphatic heterocycles. The molecule has 2 rings (SSSR count). The molecule has 2 aromatic carbocycles. The predicted octanol–water partition coefficient (Wildman–Crippen LogP) is 4.80. The number of nitrogens with one attached hydrogen (secondary N) is 2. The van der Waals surface area contributed by atoms with E-state index in [4.69, 9.17) is 12.2 Å². The Morgan fingerprint density at radius 2 is 1.64 bits per heavy atom. The van der Waals surface area contributed by atoms with E-state index in [2.05, 4.69) is 91.9 Å². The number of rotatable bonds is 6. The zero-order valence-electron chi connectivity index (χ0n) is 15.7. The monoisotopic (exact) mass is 355 g/mol. The molecular formula is C21H29N3S. The fraction of sp³-hybridized carbons (Fsp3) is 0.381. The molecule has 0 unspecified atom stereocenters. The van der Waals surface area contributed by atoms with Crippen LogP contribution >= 0.6 is 12.2 Å². The SMILES string of the molecule is CN(CCCNC(=S)Nc1ccc(C(C)(C)C)cc1)c1ccccc1. The van der Waals surface area contributed by atoms with E-state index >= 15 is 0 Å². The summed E-state index contributed by atoms with van der Waals surface area (Å²) >= 11 is 5.38. The molecule has 0 amide bonds. The summed E-state index contributed by atoms with van der Waals surface area (Å²) in [5.74, 6) is 0. The molecular weight excluding hydrogens is 326 g/mol. The van der Waals surface area contributed by atoms with Crippen LogP contribution in [0.4, 0.5) is 11.4 Å². The smallest absolute Gasteiger partial charge is 0.170 e. The zero-order valence-corrected chi connectivity index (χ0v) is 16.5. The van der Waals surface area contributed by atoms with Crippen LogP contribution in [0, 0.1) is 0 Å². The highest BCUT2D eigenvalue weighted by molar-refractivity contribution is 7.80. The summed E-state index contributed by atoms with van der Waals surface area (Å²) in [6, 6.07) is 18.9. The molecule has 0 aromatic heterocycles. The first-order chi connectivity index (χ1) is 11.9. The Labute approximate surface area is 157 Å². The molecule has 0 spiro atoms. The average molecular weight is 356 g/mol. The Morgan fingerprint density at radius 3 is 2.24 bits per heavy atom. The highest BCUT2D eigenvalue weighted by Gasteiger charge is 2.12. The molecule has 0 saturated heterocycles. The number of para-hydroxylation sites is 1. The van der Waals surface area contributed by atoms with Gasteiger partial charge in [0.05, 0.1) is 0 Å². The lowest BCUT2D eigenvalue weighted by Gasteiger charge is -2.20. The molecule has 3 nitrogen and oxygen atoms in total. The second kappa shape index (κ2) is 8.86. The molecule has 2 aromatic rings. The van der Waals surface area contributed by atoms with Gasteiger partial charge in [0.1, 0.15) is 0 Å². The van der Waals surface area contributed by atoms with E-state index in [0.717, 1.165) is 25.2 Å². The average Bonchev–Trinajstić information content (AvgIpc) is 2.59. The molecule has 134 valence electrons. The van der Waals surface area contributed by atoms with Crippen molar-refractivity contribution >= 4 is 28.7 Å². The molecule has 0 heterocycles. The molecule has 0 aliphatic rings. The normalized spacial score (nSPS) is 11.0. The first-order valence-corrected chi connectivity index (χ1v) is 9.19.